The number of nitrogens with one attached hydrogen (secondary N) is 1. The quantitative estimate of drug-likeness (QED) is 0.537. The molecule has 1 aliphatic rings. The number of anilines is 1. The Labute approximate surface area is 169 Å². The number of hydrogen-bond donors (Lipinski definition) is 1. The third-order valence-corrected chi connectivity index (χ3v) is 5.59. The molecule has 2 aromatic heterocycles. The van der Waals surface area contributed by atoms with Crippen LogP contribution in [-0.4, -0.2) is 32.6 Å². The highest BCUT2D eigenvalue weighted by molar-refractivity contribution is 5.89. The van der Waals surface area contributed by atoms with Crippen LogP contribution in [0.1, 0.15) is 24.7 Å². The molecule has 0 radical (unpaired) electrons. The number of hydrogen-bond acceptors (Lipinski definition) is 4. The van der Waals surface area contributed by atoms with Crippen LogP contribution in [0.4, 0.5) is 19.0 Å². The van der Waals surface area contributed by atoms with Crippen molar-refractivity contribution in [1.29, 1.82) is 0 Å². The molecule has 1 fully saturated rings. The number of piperidine rings is 1. The van der Waals surface area contributed by atoms with Crippen LogP contribution in [0.3, 0.4) is 0 Å². The first-order valence-corrected chi connectivity index (χ1v) is 9.70. The first kappa shape index (κ1) is 18.7. The molecule has 30 heavy (non-hydrogen) atoms. The van der Waals surface area contributed by atoms with E-state index in [1.54, 1.807) is 28.8 Å². The van der Waals surface area contributed by atoms with Gasteiger partial charge in [-0.05, 0) is 37.1 Å². The summed E-state index contributed by atoms with van der Waals surface area (Å²) in [6.45, 7) is 0.990. The first-order chi connectivity index (χ1) is 14.4. The molecule has 154 valence electrons. The lowest BCUT2D eigenvalue weighted by atomic mass is 10.0. The molecule has 6 nitrogen and oxygen atoms in total. The molecule has 1 N–H and O–H groups in total. The molecule has 2 aromatic carbocycles. The molecule has 0 unspecified atom stereocenters. The van der Waals surface area contributed by atoms with E-state index in [4.69, 9.17) is 0 Å². The van der Waals surface area contributed by atoms with Crippen LogP contribution < -0.4 is 10.6 Å². The van der Waals surface area contributed by atoms with E-state index in [0.717, 1.165) is 11.0 Å². The molecule has 1 saturated heterocycles. The summed E-state index contributed by atoms with van der Waals surface area (Å²) in [5.74, 6) is -0.844. The Kier molecular flexibility index (Phi) is 4.27. The average Bonchev–Trinajstić information content (AvgIpc) is 3.08. The van der Waals surface area contributed by atoms with Crippen molar-refractivity contribution in [2.75, 3.05) is 18.0 Å². The molecule has 0 saturated carbocycles. The summed E-state index contributed by atoms with van der Waals surface area (Å²) >= 11 is 0. The minimum absolute atomic E-state index is 0.0277. The SMILES string of the molecule is O=c1[nH]c2ccccc2n1C1CCN(c2nc(C(F)(F)F)nc3ccccc23)CC1. The van der Waals surface area contributed by atoms with Gasteiger partial charge in [-0.3, -0.25) is 4.57 Å². The number of para-hydroxylation sites is 3. The van der Waals surface area contributed by atoms with Gasteiger partial charge in [-0.2, -0.15) is 13.2 Å². The van der Waals surface area contributed by atoms with Crippen molar-refractivity contribution in [3.8, 4) is 0 Å². The molecule has 0 atom stereocenters. The Morgan fingerprint density at radius 1 is 0.967 bits per heavy atom. The Bertz CT molecular complexity index is 1290. The lowest BCUT2D eigenvalue weighted by Gasteiger charge is -2.34. The van der Waals surface area contributed by atoms with Crippen molar-refractivity contribution in [2.45, 2.75) is 25.1 Å². The molecule has 5 rings (SSSR count). The fraction of sp³-hybridized carbons (Fsp3) is 0.286. The van der Waals surface area contributed by atoms with Crippen molar-refractivity contribution >= 4 is 27.8 Å². The van der Waals surface area contributed by atoms with E-state index < -0.39 is 12.0 Å². The summed E-state index contributed by atoms with van der Waals surface area (Å²) in [6, 6.07) is 14.2. The topological polar surface area (TPSA) is 66.8 Å². The number of rotatable bonds is 2. The standard InChI is InChI=1S/C21H18F3N5O/c22-21(23,24)19-25-15-6-2-1-5-14(15)18(27-19)28-11-9-13(10-12-28)29-17-8-4-3-7-16(17)26-20(29)30/h1-8,13H,9-12H2,(H,26,30). The normalized spacial score (nSPS) is 15.9. The maximum absolute atomic E-state index is 13.3. The molecular formula is C21H18F3N5O. The highest BCUT2D eigenvalue weighted by atomic mass is 19.4. The van der Waals surface area contributed by atoms with Gasteiger partial charge in [-0.25, -0.2) is 14.8 Å². The monoisotopic (exact) mass is 413 g/mol. The Morgan fingerprint density at radius 2 is 1.67 bits per heavy atom. The fourth-order valence-electron chi connectivity index (χ4n) is 4.20. The van der Waals surface area contributed by atoms with Crippen molar-refractivity contribution in [3.05, 3.63) is 64.8 Å². The predicted molar refractivity (Wildman–Crippen MR) is 108 cm³/mol. The predicted octanol–water partition coefficient (Wildman–Crippen LogP) is 4.13. The lowest BCUT2D eigenvalue weighted by molar-refractivity contribution is -0.144. The number of aromatic amines is 1. The first-order valence-electron chi connectivity index (χ1n) is 9.70. The zero-order valence-electron chi connectivity index (χ0n) is 15.9. The van der Waals surface area contributed by atoms with E-state index >= 15 is 0 Å². The van der Waals surface area contributed by atoms with Gasteiger partial charge in [0.15, 0.2) is 0 Å². The van der Waals surface area contributed by atoms with Gasteiger partial charge in [0.2, 0.25) is 5.82 Å². The van der Waals surface area contributed by atoms with Crippen molar-refractivity contribution in [1.82, 2.24) is 19.5 Å². The van der Waals surface area contributed by atoms with Gasteiger partial charge in [0.05, 0.1) is 16.6 Å². The summed E-state index contributed by atoms with van der Waals surface area (Å²) in [6.07, 6.45) is -3.36. The Hall–Kier alpha value is -3.36. The van der Waals surface area contributed by atoms with E-state index in [1.165, 1.54) is 0 Å². The number of benzene rings is 2. The van der Waals surface area contributed by atoms with E-state index in [2.05, 4.69) is 15.0 Å². The lowest BCUT2D eigenvalue weighted by Crippen LogP contribution is -2.37. The van der Waals surface area contributed by atoms with Crippen LogP contribution in [0.25, 0.3) is 21.9 Å². The smallest absolute Gasteiger partial charge is 0.356 e. The van der Waals surface area contributed by atoms with Crippen LogP contribution in [0.15, 0.2) is 53.3 Å². The molecule has 0 amide bonds. The maximum atomic E-state index is 13.3. The second kappa shape index (κ2) is 6.86. The highest BCUT2D eigenvalue weighted by Crippen LogP contribution is 2.34. The second-order valence-electron chi connectivity index (χ2n) is 7.42. The number of fused-ring (bicyclic) bond motifs is 2. The minimum atomic E-state index is -4.62. The summed E-state index contributed by atoms with van der Waals surface area (Å²) in [4.78, 5) is 24.7. The number of aromatic nitrogens is 4. The molecular weight excluding hydrogens is 395 g/mol. The molecule has 4 aromatic rings. The van der Waals surface area contributed by atoms with Gasteiger partial charge in [0.1, 0.15) is 5.82 Å². The maximum Gasteiger partial charge on any atom is 0.451 e. The molecule has 9 heteroatoms. The molecule has 1 aliphatic heterocycles. The number of imidazole rings is 1. The largest absolute Gasteiger partial charge is 0.451 e. The van der Waals surface area contributed by atoms with E-state index in [-0.39, 0.29) is 23.1 Å². The van der Waals surface area contributed by atoms with Crippen molar-refractivity contribution in [3.63, 3.8) is 0 Å². The third kappa shape index (κ3) is 3.10. The van der Waals surface area contributed by atoms with Crippen LogP contribution in [0.5, 0.6) is 0 Å². The zero-order valence-corrected chi connectivity index (χ0v) is 15.9. The van der Waals surface area contributed by atoms with Crippen LogP contribution in [-0.2, 0) is 6.18 Å². The van der Waals surface area contributed by atoms with Gasteiger partial charge in [0, 0.05) is 24.5 Å². The van der Waals surface area contributed by atoms with Gasteiger partial charge < -0.3 is 9.88 Å². The van der Waals surface area contributed by atoms with E-state index in [1.807, 2.05) is 29.2 Å². The fourth-order valence-corrected chi connectivity index (χ4v) is 4.20. The van der Waals surface area contributed by atoms with E-state index in [0.29, 0.717) is 31.3 Å². The van der Waals surface area contributed by atoms with Crippen LogP contribution in [0.2, 0.25) is 0 Å². The summed E-state index contributed by atoms with van der Waals surface area (Å²) in [7, 11) is 0. The highest BCUT2D eigenvalue weighted by Gasteiger charge is 2.36. The molecule has 3 heterocycles. The number of H-pyrrole nitrogens is 1. The van der Waals surface area contributed by atoms with Crippen LogP contribution in [0, 0.1) is 0 Å². The van der Waals surface area contributed by atoms with Crippen LogP contribution >= 0.6 is 0 Å². The van der Waals surface area contributed by atoms with Gasteiger partial charge in [-0.1, -0.05) is 24.3 Å². The summed E-state index contributed by atoms with van der Waals surface area (Å²) < 4.78 is 41.7. The summed E-state index contributed by atoms with van der Waals surface area (Å²) in [5.41, 5.74) is 1.72. The average molecular weight is 413 g/mol. The minimum Gasteiger partial charge on any atom is -0.356 e. The Morgan fingerprint density at radius 3 is 2.43 bits per heavy atom. The number of halogens is 3. The molecule has 0 spiro atoms. The van der Waals surface area contributed by atoms with Crippen molar-refractivity contribution < 1.29 is 13.2 Å². The molecule has 0 bridgehead atoms. The zero-order chi connectivity index (χ0) is 20.9. The van der Waals surface area contributed by atoms with Gasteiger partial charge in [0.25, 0.3) is 0 Å². The van der Waals surface area contributed by atoms with Gasteiger partial charge in [-0.15, -0.1) is 0 Å². The second-order valence-corrected chi connectivity index (χ2v) is 7.42. The summed E-state index contributed by atoms with van der Waals surface area (Å²) in [5, 5.41) is 0.591. The number of nitrogens with zero attached hydrogens (tertiary/aromatic N) is 4. The van der Waals surface area contributed by atoms with Gasteiger partial charge >= 0.3 is 11.9 Å². The number of alkyl halides is 3. The molecule has 0 aliphatic carbocycles. The third-order valence-electron chi connectivity index (χ3n) is 5.59. The van der Waals surface area contributed by atoms with E-state index in [9.17, 15) is 18.0 Å². The van der Waals surface area contributed by atoms with Crippen molar-refractivity contribution in [2.24, 2.45) is 0 Å². The Balaban J connectivity index is 1.48.